The number of thiazole rings is 1. The van der Waals surface area contributed by atoms with Crippen LogP contribution in [0, 0.1) is 11.3 Å². The van der Waals surface area contributed by atoms with Gasteiger partial charge in [-0.15, -0.1) is 11.3 Å². The zero-order chi connectivity index (χ0) is 14.8. The van der Waals surface area contributed by atoms with Crippen LogP contribution in [0.25, 0.3) is 0 Å². The molecule has 0 saturated carbocycles. The number of halogens is 1. The van der Waals surface area contributed by atoms with Crippen molar-refractivity contribution in [2.75, 3.05) is 5.32 Å². The summed E-state index contributed by atoms with van der Waals surface area (Å²) in [4.78, 5) is 4.57. The first-order chi connectivity index (χ1) is 9.40. The zero-order valence-electron chi connectivity index (χ0n) is 11.6. The lowest BCUT2D eigenvalue weighted by atomic mass is 9.98. The van der Waals surface area contributed by atoms with Crippen molar-refractivity contribution in [2.45, 2.75) is 32.2 Å². The summed E-state index contributed by atoms with van der Waals surface area (Å²) in [6.07, 6.45) is 0. The zero-order valence-corrected chi connectivity index (χ0v) is 13.2. The van der Waals surface area contributed by atoms with Crippen molar-refractivity contribution in [1.29, 1.82) is 5.26 Å². The summed E-state index contributed by atoms with van der Waals surface area (Å²) < 4.78 is 0. The van der Waals surface area contributed by atoms with Gasteiger partial charge in [-0.25, -0.2) is 4.98 Å². The molecule has 2 rings (SSSR count). The summed E-state index contributed by atoms with van der Waals surface area (Å²) in [5, 5.41) is 16.1. The summed E-state index contributed by atoms with van der Waals surface area (Å²) >= 11 is 7.53. The van der Waals surface area contributed by atoms with Gasteiger partial charge in [-0.05, 0) is 18.2 Å². The normalized spacial score (nSPS) is 12.8. The van der Waals surface area contributed by atoms with Crippen LogP contribution in [0.3, 0.4) is 0 Å². The van der Waals surface area contributed by atoms with E-state index < -0.39 is 6.04 Å². The maximum Gasteiger partial charge on any atom is 0.158 e. The third-order valence-corrected chi connectivity index (χ3v) is 4.25. The fraction of sp³-hybridized carbons (Fsp3) is 0.333. The number of hydrogen-bond donors (Lipinski definition) is 1. The fourth-order valence-corrected chi connectivity index (χ4v) is 2.80. The molecule has 1 aromatic heterocycles. The van der Waals surface area contributed by atoms with E-state index >= 15 is 0 Å². The Hall–Kier alpha value is -1.57. The second-order valence-corrected chi connectivity index (χ2v) is 6.84. The van der Waals surface area contributed by atoms with Crippen molar-refractivity contribution in [3.05, 3.63) is 45.4 Å². The van der Waals surface area contributed by atoms with Crippen molar-refractivity contribution in [3.8, 4) is 6.07 Å². The molecule has 0 aliphatic carbocycles. The summed E-state index contributed by atoms with van der Waals surface area (Å²) in [5.74, 6) is 0. The highest BCUT2D eigenvalue weighted by atomic mass is 35.5. The molecule has 0 bridgehead atoms. The van der Waals surface area contributed by atoms with Gasteiger partial charge in [0.1, 0.15) is 0 Å². The van der Waals surface area contributed by atoms with E-state index in [2.05, 4.69) is 37.1 Å². The SMILES string of the molecule is CC(C)(C)c1nc(C(C#N)Nc2cccc(Cl)c2)cs1. The summed E-state index contributed by atoms with van der Waals surface area (Å²) in [7, 11) is 0. The molecule has 1 unspecified atom stereocenters. The molecule has 20 heavy (non-hydrogen) atoms. The molecule has 104 valence electrons. The Morgan fingerprint density at radius 2 is 2.15 bits per heavy atom. The Labute approximate surface area is 128 Å². The number of aromatic nitrogens is 1. The van der Waals surface area contributed by atoms with E-state index in [1.807, 2.05) is 17.5 Å². The van der Waals surface area contributed by atoms with Gasteiger partial charge in [-0.3, -0.25) is 0 Å². The van der Waals surface area contributed by atoms with Crippen LogP contribution in [0.4, 0.5) is 5.69 Å². The molecular weight excluding hydrogens is 290 g/mol. The van der Waals surface area contributed by atoms with E-state index in [4.69, 9.17) is 11.6 Å². The average molecular weight is 306 g/mol. The molecule has 1 aromatic carbocycles. The van der Waals surface area contributed by atoms with E-state index in [1.165, 1.54) is 0 Å². The van der Waals surface area contributed by atoms with Gasteiger partial charge in [0, 0.05) is 21.5 Å². The second-order valence-electron chi connectivity index (χ2n) is 5.54. The van der Waals surface area contributed by atoms with Crippen molar-refractivity contribution in [3.63, 3.8) is 0 Å². The van der Waals surface area contributed by atoms with Crippen molar-refractivity contribution in [1.82, 2.24) is 4.98 Å². The minimum Gasteiger partial charge on any atom is -0.365 e. The van der Waals surface area contributed by atoms with Crippen LogP contribution in [-0.4, -0.2) is 4.98 Å². The minimum atomic E-state index is -0.471. The molecule has 2 aromatic rings. The van der Waals surface area contributed by atoms with Crippen molar-refractivity contribution in [2.24, 2.45) is 0 Å². The lowest BCUT2D eigenvalue weighted by Gasteiger charge is -2.14. The van der Waals surface area contributed by atoms with Gasteiger partial charge in [-0.1, -0.05) is 38.4 Å². The maximum atomic E-state index is 9.34. The van der Waals surface area contributed by atoms with Crippen LogP contribution in [0.2, 0.25) is 5.02 Å². The molecule has 5 heteroatoms. The number of nitrogens with zero attached hydrogens (tertiary/aromatic N) is 2. The highest BCUT2D eigenvalue weighted by Crippen LogP contribution is 2.29. The molecule has 0 aliphatic heterocycles. The van der Waals surface area contributed by atoms with Crippen LogP contribution < -0.4 is 5.32 Å². The molecule has 3 nitrogen and oxygen atoms in total. The number of benzene rings is 1. The Kier molecular flexibility index (Phi) is 4.32. The summed E-state index contributed by atoms with van der Waals surface area (Å²) in [5.41, 5.74) is 1.57. The topological polar surface area (TPSA) is 48.7 Å². The predicted molar refractivity (Wildman–Crippen MR) is 84.2 cm³/mol. The molecule has 0 fully saturated rings. The van der Waals surface area contributed by atoms with E-state index in [0.29, 0.717) is 5.02 Å². The van der Waals surface area contributed by atoms with Crippen LogP contribution in [0.5, 0.6) is 0 Å². The van der Waals surface area contributed by atoms with Gasteiger partial charge >= 0.3 is 0 Å². The Balaban J connectivity index is 2.21. The molecule has 1 heterocycles. The molecule has 0 saturated heterocycles. The van der Waals surface area contributed by atoms with Crippen LogP contribution >= 0.6 is 22.9 Å². The predicted octanol–water partition coefficient (Wildman–Crippen LogP) is 4.77. The fourth-order valence-electron chi connectivity index (χ4n) is 1.68. The largest absolute Gasteiger partial charge is 0.365 e. The number of rotatable bonds is 3. The van der Waals surface area contributed by atoms with E-state index in [1.54, 1.807) is 23.5 Å². The Morgan fingerprint density at radius 1 is 1.40 bits per heavy atom. The van der Waals surface area contributed by atoms with Crippen LogP contribution in [0.1, 0.15) is 37.5 Å². The molecule has 1 atom stereocenters. The van der Waals surface area contributed by atoms with Gasteiger partial charge in [0.2, 0.25) is 0 Å². The third kappa shape index (κ3) is 3.50. The monoisotopic (exact) mass is 305 g/mol. The Morgan fingerprint density at radius 3 is 2.70 bits per heavy atom. The number of hydrogen-bond acceptors (Lipinski definition) is 4. The van der Waals surface area contributed by atoms with Crippen molar-refractivity contribution >= 4 is 28.6 Å². The summed E-state index contributed by atoms with van der Waals surface area (Å²) in [6.45, 7) is 6.34. The molecule has 0 amide bonds. The smallest absolute Gasteiger partial charge is 0.158 e. The minimum absolute atomic E-state index is 0.00101. The molecule has 0 aliphatic rings. The first-order valence-corrected chi connectivity index (χ1v) is 7.53. The van der Waals surface area contributed by atoms with Gasteiger partial charge in [-0.2, -0.15) is 5.26 Å². The number of nitriles is 1. The Bertz CT molecular complexity index is 637. The molecule has 1 N–H and O–H groups in total. The second kappa shape index (κ2) is 5.82. The van der Waals surface area contributed by atoms with Crippen LogP contribution in [0.15, 0.2) is 29.6 Å². The lowest BCUT2D eigenvalue weighted by molar-refractivity contribution is 0.582. The van der Waals surface area contributed by atoms with E-state index in [9.17, 15) is 5.26 Å². The molecule has 0 radical (unpaired) electrons. The third-order valence-electron chi connectivity index (χ3n) is 2.72. The van der Waals surface area contributed by atoms with Gasteiger partial charge in [0.05, 0.1) is 16.8 Å². The number of nitrogens with one attached hydrogen (secondary N) is 1. The van der Waals surface area contributed by atoms with Gasteiger partial charge in [0.15, 0.2) is 6.04 Å². The standard InChI is InChI=1S/C15H16ClN3S/c1-15(2,3)14-19-13(9-20-14)12(8-17)18-11-6-4-5-10(16)7-11/h4-7,9,12,18H,1-3H3. The highest BCUT2D eigenvalue weighted by Gasteiger charge is 2.21. The van der Waals surface area contributed by atoms with Crippen LogP contribution in [-0.2, 0) is 5.41 Å². The van der Waals surface area contributed by atoms with Crippen molar-refractivity contribution < 1.29 is 0 Å². The number of anilines is 1. The quantitative estimate of drug-likeness (QED) is 0.888. The van der Waals surface area contributed by atoms with Gasteiger partial charge in [0.25, 0.3) is 0 Å². The lowest BCUT2D eigenvalue weighted by Crippen LogP contribution is -2.13. The summed E-state index contributed by atoms with van der Waals surface area (Å²) in [6, 6.07) is 9.09. The first kappa shape index (κ1) is 14.8. The molecular formula is C15H16ClN3S. The first-order valence-electron chi connectivity index (χ1n) is 6.28. The van der Waals surface area contributed by atoms with Gasteiger partial charge < -0.3 is 5.32 Å². The maximum absolute atomic E-state index is 9.34. The van der Waals surface area contributed by atoms with E-state index in [-0.39, 0.29) is 5.41 Å². The average Bonchev–Trinajstić information content (AvgIpc) is 2.85. The van der Waals surface area contributed by atoms with E-state index in [0.717, 1.165) is 16.4 Å². The highest BCUT2D eigenvalue weighted by molar-refractivity contribution is 7.09. The molecule has 0 spiro atoms.